The lowest BCUT2D eigenvalue weighted by Crippen LogP contribution is -2.18. The van der Waals surface area contributed by atoms with Crippen LogP contribution >= 0.6 is 15.9 Å². The Hall–Kier alpha value is -1.72. The van der Waals surface area contributed by atoms with Crippen molar-refractivity contribution < 1.29 is 4.92 Å². The highest BCUT2D eigenvalue weighted by Crippen LogP contribution is 2.28. The van der Waals surface area contributed by atoms with Gasteiger partial charge in [-0.15, -0.1) is 0 Å². The van der Waals surface area contributed by atoms with Crippen LogP contribution in [0, 0.1) is 10.1 Å². The van der Waals surface area contributed by atoms with Crippen LogP contribution in [0.4, 0.5) is 5.69 Å². The fourth-order valence-electron chi connectivity index (χ4n) is 1.97. The van der Waals surface area contributed by atoms with E-state index >= 15 is 0 Å². The summed E-state index contributed by atoms with van der Waals surface area (Å²) in [5.74, 6) is 0. The third-order valence-corrected chi connectivity index (χ3v) is 4.07. The van der Waals surface area contributed by atoms with E-state index in [9.17, 15) is 10.1 Å². The van der Waals surface area contributed by atoms with E-state index in [-0.39, 0.29) is 16.7 Å². The van der Waals surface area contributed by atoms with Crippen LogP contribution in [0.25, 0.3) is 0 Å². The molecule has 0 bridgehead atoms. The molecule has 20 heavy (non-hydrogen) atoms. The van der Waals surface area contributed by atoms with Gasteiger partial charge >= 0.3 is 0 Å². The fourth-order valence-corrected chi connectivity index (χ4v) is 2.52. The summed E-state index contributed by atoms with van der Waals surface area (Å²) in [6.07, 6.45) is 0. The summed E-state index contributed by atoms with van der Waals surface area (Å²) in [6, 6.07) is 15.3. The van der Waals surface area contributed by atoms with Crippen LogP contribution in [-0.2, 0) is 6.54 Å². The minimum atomic E-state index is -0.381. The number of hydrogen-bond donors (Lipinski definition) is 1. The molecule has 2 aromatic rings. The van der Waals surface area contributed by atoms with Gasteiger partial charge in [0.1, 0.15) is 0 Å². The SMILES string of the molecule is CC(NCc1cccc([N+](=O)[O-])c1Br)c1ccccc1. The summed E-state index contributed by atoms with van der Waals surface area (Å²) in [6.45, 7) is 2.64. The average Bonchev–Trinajstić information content (AvgIpc) is 2.46. The van der Waals surface area contributed by atoms with Crippen molar-refractivity contribution in [3.63, 3.8) is 0 Å². The Kier molecular flexibility index (Phi) is 4.87. The van der Waals surface area contributed by atoms with Crippen LogP contribution in [0.15, 0.2) is 53.0 Å². The van der Waals surface area contributed by atoms with Gasteiger partial charge in [0.25, 0.3) is 5.69 Å². The molecule has 0 aliphatic heterocycles. The maximum atomic E-state index is 10.9. The largest absolute Gasteiger partial charge is 0.306 e. The zero-order valence-electron chi connectivity index (χ0n) is 11.0. The topological polar surface area (TPSA) is 55.2 Å². The van der Waals surface area contributed by atoms with E-state index in [2.05, 4.69) is 40.3 Å². The second kappa shape index (κ2) is 6.63. The normalized spacial score (nSPS) is 12.1. The van der Waals surface area contributed by atoms with Gasteiger partial charge < -0.3 is 5.32 Å². The Morgan fingerprint density at radius 2 is 1.90 bits per heavy atom. The predicted molar refractivity (Wildman–Crippen MR) is 82.5 cm³/mol. The van der Waals surface area contributed by atoms with Crippen LogP contribution < -0.4 is 5.32 Å². The molecule has 5 heteroatoms. The molecule has 0 amide bonds. The fraction of sp³-hybridized carbons (Fsp3) is 0.200. The van der Waals surface area contributed by atoms with Crippen molar-refractivity contribution in [1.29, 1.82) is 0 Å². The molecule has 4 nitrogen and oxygen atoms in total. The maximum Gasteiger partial charge on any atom is 0.283 e. The molecule has 2 rings (SSSR count). The first-order valence-electron chi connectivity index (χ1n) is 6.29. The number of halogens is 1. The van der Waals surface area contributed by atoms with Crippen LogP contribution in [0.3, 0.4) is 0 Å². The number of hydrogen-bond acceptors (Lipinski definition) is 3. The van der Waals surface area contributed by atoms with E-state index in [1.807, 2.05) is 24.3 Å². The van der Waals surface area contributed by atoms with Crippen LogP contribution in [0.1, 0.15) is 24.1 Å². The Morgan fingerprint density at radius 1 is 1.20 bits per heavy atom. The third-order valence-electron chi connectivity index (χ3n) is 3.15. The van der Waals surface area contributed by atoms with Gasteiger partial charge in [0, 0.05) is 18.7 Å². The van der Waals surface area contributed by atoms with Gasteiger partial charge in [-0.3, -0.25) is 10.1 Å². The first kappa shape index (κ1) is 14.7. The quantitative estimate of drug-likeness (QED) is 0.658. The first-order chi connectivity index (χ1) is 9.59. The number of nitro groups is 1. The first-order valence-corrected chi connectivity index (χ1v) is 7.09. The summed E-state index contributed by atoms with van der Waals surface area (Å²) in [4.78, 5) is 10.5. The van der Waals surface area contributed by atoms with Crippen molar-refractivity contribution in [3.05, 3.63) is 74.2 Å². The Morgan fingerprint density at radius 3 is 2.55 bits per heavy atom. The summed E-state index contributed by atoms with van der Waals surface area (Å²) in [7, 11) is 0. The molecule has 0 spiro atoms. The molecular weight excluding hydrogens is 320 g/mol. The zero-order valence-corrected chi connectivity index (χ0v) is 12.6. The predicted octanol–water partition coefficient (Wildman–Crippen LogP) is 4.21. The van der Waals surface area contributed by atoms with E-state index in [1.165, 1.54) is 11.6 Å². The molecule has 0 aliphatic carbocycles. The highest BCUT2D eigenvalue weighted by atomic mass is 79.9. The van der Waals surface area contributed by atoms with Gasteiger partial charge in [-0.25, -0.2) is 0 Å². The molecular formula is C15H15BrN2O2. The molecule has 104 valence electrons. The van der Waals surface area contributed by atoms with Crippen molar-refractivity contribution in [3.8, 4) is 0 Å². The molecule has 0 fully saturated rings. The standard InChI is InChI=1S/C15H15BrN2O2/c1-11(12-6-3-2-4-7-12)17-10-13-8-5-9-14(15(13)16)18(19)20/h2-9,11,17H,10H2,1H3. The molecule has 1 unspecified atom stereocenters. The molecule has 0 saturated heterocycles. The zero-order chi connectivity index (χ0) is 14.5. The maximum absolute atomic E-state index is 10.9. The smallest absolute Gasteiger partial charge is 0.283 e. The summed E-state index contributed by atoms with van der Waals surface area (Å²) in [5, 5.41) is 14.3. The van der Waals surface area contributed by atoms with E-state index in [0.29, 0.717) is 11.0 Å². The minimum Gasteiger partial charge on any atom is -0.306 e. The lowest BCUT2D eigenvalue weighted by atomic mass is 10.1. The Labute approximate surface area is 126 Å². The van der Waals surface area contributed by atoms with Gasteiger partial charge in [0.05, 0.1) is 9.40 Å². The highest BCUT2D eigenvalue weighted by Gasteiger charge is 2.15. The van der Waals surface area contributed by atoms with Crippen LogP contribution in [0.2, 0.25) is 0 Å². The second-order valence-corrected chi connectivity index (χ2v) is 5.31. The van der Waals surface area contributed by atoms with Crippen molar-refractivity contribution in [2.75, 3.05) is 0 Å². The lowest BCUT2D eigenvalue weighted by molar-refractivity contribution is -0.385. The monoisotopic (exact) mass is 334 g/mol. The lowest BCUT2D eigenvalue weighted by Gasteiger charge is -2.15. The second-order valence-electron chi connectivity index (χ2n) is 4.52. The van der Waals surface area contributed by atoms with Crippen molar-refractivity contribution in [2.45, 2.75) is 19.5 Å². The number of nitrogens with one attached hydrogen (secondary N) is 1. The number of nitrogens with zero attached hydrogens (tertiary/aromatic N) is 1. The van der Waals surface area contributed by atoms with Crippen LogP contribution in [-0.4, -0.2) is 4.92 Å². The van der Waals surface area contributed by atoms with E-state index < -0.39 is 0 Å². The van der Waals surface area contributed by atoms with E-state index in [0.717, 1.165) is 5.56 Å². The molecule has 0 radical (unpaired) electrons. The molecule has 0 saturated carbocycles. The summed E-state index contributed by atoms with van der Waals surface area (Å²) in [5.41, 5.74) is 2.16. The van der Waals surface area contributed by atoms with Crippen molar-refractivity contribution in [2.24, 2.45) is 0 Å². The molecule has 2 aromatic carbocycles. The van der Waals surface area contributed by atoms with Gasteiger partial charge in [-0.1, -0.05) is 42.5 Å². The van der Waals surface area contributed by atoms with Gasteiger partial charge in [-0.2, -0.15) is 0 Å². The van der Waals surface area contributed by atoms with E-state index in [4.69, 9.17) is 0 Å². The Balaban J connectivity index is 2.08. The van der Waals surface area contributed by atoms with Gasteiger partial charge in [0.2, 0.25) is 0 Å². The number of rotatable bonds is 5. The van der Waals surface area contributed by atoms with Gasteiger partial charge in [0.15, 0.2) is 0 Å². The van der Waals surface area contributed by atoms with Crippen molar-refractivity contribution in [1.82, 2.24) is 5.32 Å². The molecule has 0 aromatic heterocycles. The molecule has 0 aliphatic rings. The van der Waals surface area contributed by atoms with E-state index in [1.54, 1.807) is 6.07 Å². The molecule has 1 N–H and O–H groups in total. The Bertz CT molecular complexity index is 602. The highest BCUT2D eigenvalue weighted by molar-refractivity contribution is 9.10. The molecule has 1 atom stereocenters. The average molecular weight is 335 g/mol. The minimum absolute atomic E-state index is 0.0941. The number of nitro benzene ring substituents is 1. The van der Waals surface area contributed by atoms with Gasteiger partial charge in [-0.05, 0) is 34.0 Å². The third kappa shape index (κ3) is 3.43. The number of benzene rings is 2. The summed E-state index contributed by atoms with van der Waals surface area (Å²) >= 11 is 3.31. The van der Waals surface area contributed by atoms with Crippen molar-refractivity contribution >= 4 is 21.6 Å². The van der Waals surface area contributed by atoms with Crippen LogP contribution in [0.5, 0.6) is 0 Å². The molecule has 0 heterocycles. The summed E-state index contributed by atoms with van der Waals surface area (Å²) < 4.78 is 0.540.